The van der Waals surface area contributed by atoms with Crippen molar-refractivity contribution in [1.82, 2.24) is 5.32 Å². The minimum atomic E-state index is 0. The van der Waals surface area contributed by atoms with Crippen molar-refractivity contribution in [2.24, 2.45) is 0 Å². The summed E-state index contributed by atoms with van der Waals surface area (Å²) in [5.74, 6) is 0.904. The van der Waals surface area contributed by atoms with E-state index in [2.05, 4.69) is 17.4 Å². The number of fused-ring (bicyclic) bond motifs is 2. The van der Waals surface area contributed by atoms with Gasteiger partial charge in [0.2, 0.25) is 0 Å². The summed E-state index contributed by atoms with van der Waals surface area (Å²) in [6, 6.07) is 9.52. The number of hydrogen-bond donors (Lipinski definition) is 1. The van der Waals surface area contributed by atoms with Crippen LogP contribution in [-0.4, -0.2) is 25.3 Å². The highest BCUT2D eigenvalue weighted by Crippen LogP contribution is 2.29. The maximum absolute atomic E-state index is 6.05. The van der Waals surface area contributed by atoms with Gasteiger partial charge in [0.15, 0.2) is 0 Å². The molecular weight excluding hydrogens is 262 g/mol. The lowest BCUT2D eigenvalue weighted by Gasteiger charge is -2.29. The fourth-order valence-electron chi connectivity index (χ4n) is 3.12. The highest BCUT2D eigenvalue weighted by Gasteiger charge is 2.33. The van der Waals surface area contributed by atoms with Gasteiger partial charge in [0.25, 0.3) is 0 Å². The minimum absolute atomic E-state index is 0. The van der Waals surface area contributed by atoms with Gasteiger partial charge in [-0.3, -0.25) is 0 Å². The standard InChI is InChI=1S/C15H21NO2.ClH/c1-17-14-4-2-3-11(7-14)10-18-15-8-12-5-6-13(9-15)16-12;/h2-4,7,12-13,15-16H,5-6,8-10H2,1H3;1H. The van der Waals surface area contributed by atoms with Crippen molar-refractivity contribution in [3.05, 3.63) is 29.8 Å². The van der Waals surface area contributed by atoms with E-state index in [1.165, 1.54) is 31.2 Å². The molecule has 2 unspecified atom stereocenters. The van der Waals surface area contributed by atoms with Crippen LogP contribution >= 0.6 is 12.4 Å². The van der Waals surface area contributed by atoms with Crippen molar-refractivity contribution >= 4 is 12.4 Å². The van der Waals surface area contributed by atoms with Crippen molar-refractivity contribution in [3.63, 3.8) is 0 Å². The lowest BCUT2D eigenvalue weighted by Crippen LogP contribution is -2.41. The first-order chi connectivity index (χ1) is 8.83. The molecule has 0 aromatic heterocycles. The number of piperidine rings is 1. The van der Waals surface area contributed by atoms with Crippen LogP contribution in [0.15, 0.2) is 24.3 Å². The average Bonchev–Trinajstić information content (AvgIpc) is 2.76. The summed E-state index contributed by atoms with van der Waals surface area (Å²) in [4.78, 5) is 0. The van der Waals surface area contributed by atoms with Gasteiger partial charge in [-0.15, -0.1) is 12.4 Å². The molecule has 3 rings (SSSR count). The maximum Gasteiger partial charge on any atom is 0.119 e. The van der Waals surface area contributed by atoms with Gasteiger partial charge in [0, 0.05) is 12.1 Å². The van der Waals surface area contributed by atoms with Crippen molar-refractivity contribution in [3.8, 4) is 5.75 Å². The molecule has 2 aliphatic heterocycles. The van der Waals surface area contributed by atoms with Crippen molar-refractivity contribution in [2.45, 2.75) is 50.5 Å². The number of ether oxygens (including phenoxy) is 2. The fraction of sp³-hybridized carbons (Fsp3) is 0.600. The molecule has 0 radical (unpaired) electrons. The largest absolute Gasteiger partial charge is 0.497 e. The smallest absolute Gasteiger partial charge is 0.119 e. The topological polar surface area (TPSA) is 30.5 Å². The Morgan fingerprint density at radius 1 is 1.21 bits per heavy atom. The van der Waals surface area contributed by atoms with Crippen molar-refractivity contribution in [1.29, 1.82) is 0 Å². The van der Waals surface area contributed by atoms with Crippen LogP contribution in [-0.2, 0) is 11.3 Å². The predicted octanol–water partition coefficient (Wildman–Crippen LogP) is 2.92. The van der Waals surface area contributed by atoms with Crippen LogP contribution in [0.4, 0.5) is 0 Å². The molecule has 1 aromatic rings. The Morgan fingerprint density at radius 2 is 1.95 bits per heavy atom. The maximum atomic E-state index is 6.05. The fourth-order valence-corrected chi connectivity index (χ4v) is 3.12. The Labute approximate surface area is 121 Å². The number of halogens is 1. The van der Waals surface area contributed by atoms with Gasteiger partial charge in [-0.1, -0.05) is 12.1 Å². The van der Waals surface area contributed by atoms with Crippen molar-refractivity contribution < 1.29 is 9.47 Å². The summed E-state index contributed by atoms with van der Waals surface area (Å²) in [6.07, 6.45) is 5.41. The van der Waals surface area contributed by atoms with Gasteiger partial charge in [-0.05, 0) is 43.4 Å². The Hall–Kier alpha value is -0.770. The van der Waals surface area contributed by atoms with Gasteiger partial charge in [-0.2, -0.15) is 0 Å². The van der Waals surface area contributed by atoms with E-state index in [1.807, 2.05) is 12.1 Å². The van der Waals surface area contributed by atoms with E-state index in [0.717, 1.165) is 5.75 Å². The molecular formula is C15H22ClNO2. The zero-order valence-corrected chi connectivity index (χ0v) is 12.1. The van der Waals surface area contributed by atoms with Gasteiger partial charge in [0.05, 0.1) is 19.8 Å². The number of rotatable bonds is 4. The third kappa shape index (κ3) is 3.62. The van der Waals surface area contributed by atoms with E-state index < -0.39 is 0 Å². The van der Waals surface area contributed by atoms with E-state index in [0.29, 0.717) is 24.8 Å². The predicted molar refractivity (Wildman–Crippen MR) is 78.0 cm³/mol. The number of hydrogen-bond acceptors (Lipinski definition) is 3. The summed E-state index contributed by atoms with van der Waals surface area (Å²) in [6.45, 7) is 0.696. The van der Waals surface area contributed by atoms with Gasteiger partial charge in [-0.25, -0.2) is 0 Å². The molecule has 2 aliphatic rings. The minimum Gasteiger partial charge on any atom is -0.497 e. The second-order valence-corrected chi connectivity index (χ2v) is 5.39. The Kier molecular flexibility index (Phi) is 5.08. The lowest BCUT2D eigenvalue weighted by molar-refractivity contribution is 0.00911. The second-order valence-electron chi connectivity index (χ2n) is 5.39. The average molecular weight is 284 g/mol. The van der Waals surface area contributed by atoms with Crippen molar-refractivity contribution in [2.75, 3.05) is 7.11 Å². The lowest BCUT2D eigenvalue weighted by atomic mass is 10.0. The number of benzene rings is 1. The molecule has 0 saturated carbocycles. The third-order valence-electron chi connectivity index (χ3n) is 4.05. The molecule has 19 heavy (non-hydrogen) atoms. The summed E-state index contributed by atoms with van der Waals surface area (Å²) < 4.78 is 11.3. The molecule has 4 heteroatoms. The molecule has 2 fully saturated rings. The van der Waals surface area contributed by atoms with Gasteiger partial charge < -0.3 is 14.8 Å². The zero-order chi connectivity index (χ0) is 12.4. The van der Waals surface area contributed by atoms with Gasteiger partial charge >= 0.3 is 0 Å². The molecule has 3 nitrogen and oxygen atoms in total. The molecule has 1 N–H and O–H groups in total. The van der Waals surface area contributed by atoms with E-state index in [-0.39, 0.29) is 12.4 Å². The molecule has 2 heterocycles. The third-order valence-corrected chi connectivity index (χ3v) is 4.05. The van der Waals surface area contributed by atoms with Crippen LogP contribution in [0, 0.1) is 0 Å². The summed E-state index contributed by atoms with van der Waals surface area (Å²) in [7, 11) is 1.70. The number of nitrogens with one attached hydrogen (secondary N) is 1. The van der Waals surface area contributed by atoms with E-state index >= 15 is 0 Å². The first kappa shape index (κ1) is 14.6. The Morgan fingerprint density at radius 3 is 2.63 bits per heavy atom. The monoisotopic (exact) mass is 283 g/mol. The molecule has 0 spiro atoms. The molecule has 0 aliphatic carbocycles. The van der Waals surface area contributed by atoms with E-state index in [9.17, 15) is 0 Å². The van der Waals surface area contributed by atoms with Crippen LogP contribution in [0.25, 0.3) is 0 Å². The van der Waals surface area contributed by atoms with Crippen LogP contribution in [0.1, 0.15) is 31.2 Å². The molecule has 1 aromatic carbocycles. The summed E-state index contributed by atoms with van der Waals surface area (Å²) in [5, 5.41) is 3.64. The molecule has 2 bridgehead atoms. The first-order valence-electron chi connectivity index (χ1n) is 6.84. The Bertz CT molecular complexity index is 401. The summed E-state index contributed by atoms with van der Waals surface area (Å²) in [5.41, 5.74) is 1.19. The zero-order valence-electron chi connectivity index (χ0n) is 11.3. The second kappa shape index (κ2) is 6.60. The SMILES string of the molecule is COc1cccc(COC2CC3CCC(C2)N3)c1.Cl. The van der Waals surface area contributed by atoms with E-state index in [1.54, 1.807) is 7.11 Å². The van der Waals surface area contributed by atoms with E-state index in [4.69, 9.17) is 9.47 Å². The van der Waals surface area contributed by atoms with Crippen LogP contribution in [0.3, 0.4) is 0 Å². The molecule has 2 saturated heterocycles. The van der Waals surface area contributed by atoms with Crippen LogP contribution < -0.4 is 10.1 Å². The molecule has 106 valence electrons. The highest BCUT2D eigenvalue weighted by atomic mass is 35.5. The van der Waals surface area contributed by atoms with Crippen LogP contribution in [0.5, 0.6) is 5.75 Å². The quantitative estimate of drug-likeness (QED) is 0.922. The molecule has 2 atom stereocenters. The first-order valence-corrected chi connectivity index (χ1v) is 6.84. The highest BCUT2D eigenvalue weighted by molar-refractivity contribution is 5.85. The normalized spacial score (nSPS) is 28.8. The van der Waals surface area contributed by atoms with Gasteiger partial charge in [0.1, 0.15) is 5.75 Å². The summed E-state index contributed by atoms with van der Waals surface area (Å²) >= 11 is 0. The number of methoxy groups -OCH3 is 1. The Balaban J connectivity index is 0.00000133. The van der Waals surface area contributed by atoms with Crippen LogP contribution in [0.2, 0.25) is 0 Å². The molecule has 0 amide bonds.